The van der Waals surface area contributed by atoms with E-state index in [2.05, 4.69) is 105 Å². The Balaban J connectivity index is 0.000000152. The molecule has 0 radical (unpaired) electrons. The minimum absolute atomic E-state index is 0.139. The zero-order valence-electron chi connectivity index (χ0n) is 65.2. The van der Waals surface area contributed by atoms with E-state index in [4.69, 9.17) is 75.8 Å². The van der Waals surface area contributed by atoms with Crippen molar-refractivity contribution in [3.8, 4) is 57.5 Å². The van der Waals surface area contributed by atoms with Crippen molar-refractivity contribution in [1.82, 2.24) is 25.0 Å². The van der Waals surface area contributed by atoms with Gasteiger partial charge < -0.3 is 101 Å². The maximum absolute atomic E-state index is 13.0. The number of carbonyl (C=O) groups is 5. The van der Waals surface area contributed by atoms with Crippen LogP contribution in [0.1, 0.15) is 131 Å². The fourth-order valence-corrected chi connectivity index (χ4v) is 15.9. The molecule has 1 aromatic heterocycles. The van der Waals surface area contributed by atoms with Gasteiger partial charge in [-0.1, -0.05) is 0 Å². The number of methoxy groups -OCH3 is 3. The Bertz CT molecular complexity index is 4610. The molecule has 0 aliphatic carbocycles. The summed E-state index contributed by atoms with van der Waals surface area (Å²) in [5, 5.41) is 30.6. The van der Waals surface area contributed by atoms with Crippen molar-refractivity contribution >= 4 is 109 Å². The second kappa shape index (κ2) is 36.3. The van der Waals surface area contributed by atoms with Gasteiger partial charge in [-0.15, -0.1) is 0 Å². The summed E-state index contributed by atoms with van der Waals surface area (Å²) < 4.78 is 92.3. The molecule has 14 rings (SSSR count). The fourth-order valence-electron chi connectivity index (χ4n) is 13.5. The number of esters is 3. The van der Waals surface area contributed by atoms with Crippen LogP contribution in [0, 0.1) is 48.5 Å². The first kappa shape index (κ1) is 87.9. The van der Waals surface area contributed by atoms with Gasteiger partial charge in [0.2, 0.25) is 0 Å². The SMILES string of the molecule is COC(=O)c1cc(Br)c2c(c1C)OC(C)(CO)O2.COC(=O)c1cc(Br)c2c(c1C)O[C@@](C)(CN1CCOCC1)O2.COC(=O)c1cc(Br)c2c(c1C)O[C@@](C)(CO)O2.Cc1c(C(=O)O)cc(Br)c2c1O[C@@](C)(CN1CCOCC1)O2.Cc1cc(C)c(CNC(=O)c2cc(Br)c3c(c2C)O[C@@](C)(CN2CCOCC2)O3)c(=O)[nH]1. The number of aliphatic hydroxyl groups is 2. The Morgan fingerprint density at radius 3 is 0.956 bits per heavy atom. The molecule has 30 nitrogen and oxygen atoms in total. The van der Waals surface area contributed by atoms with Gasteiger partial charge in [-0.05, 0) is 170 Å². The third kappa shape index (κ3) is 20.0. The second-order valence-electron chi connectivity index (χ2n) is 28.5. The zero-order chi connectivity index (χ0) is 82.6. The third-order valence-electron chi connectivity index (χ3n) is 19.4. The first-order valence-electron chi connectivity index (χ1n) is 36.0. The molecule has 8 aliphatic heterocycles. The highest BCUT2D eigenvalue weighted by Crippen LogP contribution is 2.53. The number of morpholine rings is 3. The number of aryl methyl sites for hydroxylation is 2. The number of nitrogens with zero attached hydrogens (tertiary/aromatic N) is 3. The lowest BCUT2D eigenvalue weighted by molar-refractivity contribution is -0.0993. The van der Waals surface area contributed by atoms with Crippen molar-refractivity contribution in [3.63, 3.8) is 0 Å². The van der Waals surface area contributed by atoms with Crippen LogP contribution in [0.2, 0.25) is 0 Å². The minimum atomic E-state index is -1.12. The number of ether oxygens (including phenoxy) is 16. The predicted molar refractivity (Wildman–Crippen MR) is 427 cm³/mol. The smallest absolute Gasteiger partial charge is 0.338 e. The van der Waals surface area contributed by atoms with Crippen LogP contribution in [0.4, 0.5) is 0 Å². The van der Waals surface area contributed by atoms with Crippen molar-refractivity contribution in [1.29, 1.82) is 0 Å². The number of benzene rings is 5. The molecule has 0 saturated carbocycles. The molecule has 1 unspecified atom stereocenters. The van der Waals surface area contributed by atoms with E-state index < -0.39 is 52.8 Å². The number of halogens is 5. The van der Waals surface area contributed by atoms with Crippen molar-refractivity contribution in [2.24, 2.45) is 0 Å². The predicted octanol–water partition coefficient (Wildman–Crippen LogP) is 11.5. The number of rotatable bonds is 15. The molecule has 5 N–H and O–H groups in total. The number of hydrogen-bond donors (Lipinski definition) is 5. The molecule has 0 spiro atoms. The monoisotopic (exact) mass is 1890 g/mol. The van der Waals surface area contributed by atoms with Crippen LogP contribution in [0.5, 0.6) is 57.5 Å². The summed E-state index contributed by atoms with van der Waals surface area (Å²) in [4.78, 5) is 81.2. The molecule has 5 aromatic carbocycles. The molecule has 1 amide bonds. The van der Waals surface area contributed by atoms with E-state index in [1.165, 1.54) is 21.3 Å². The van der Waals surface area contributed by atoms with Gasteiger partial charge in [-0.2, -0.15) is 0 Å². The highest BCUT2D eigenvalue weighted by molar-refractivity contribution is 9.11. The van der Waals surface area contributed by atoms with E-state index in [-0.39, 0.29) is 36.8 Å². The number of aromatic amines is 1. The minimum Gasteiger partial charge on any atom is -0.478 e. The van der Waals surface area contributed by atoms with Crippen LogP contribution >= 0.6 is 79.6 Å². The van der Waals surface area contributed by atoms with E-state index in [9.17, 15) is 44.1 Å². The topological polar surface area (TPSA) is 348 Å². The molecule has 6 aromatic rings. The first-order valence-corrected chi connectivity index (χ1v) is 39.9. The van der Waals surface area contributed by atoms with Gasteiger partial charge >= 0.3 is 23.9 Å². The number of pyridine rings is 1. The molecule has 5 atom stereocenters. The number of H-pyrrole nitrogens is 1. The molecule has 0 bridgehead atoms. The van der Waals surface area contributed by atoms with Crippen LogP contribution in [0.25, 0.3) is 0 Å². The number of aliphatic hydroxyl groups excluding tert-OH is 2. The molecule has 8 aliphatic rings. The van der Waals surface area contributed by atoms with Gasteiger partial charge in [0.1, 0.15) is 13.2 Å². The highest BCUT2D eigenvalue weighted by Gasteiger charge is 2.47. The van der Waals surface area contributed by atoms with Gasteiger partial charge in [0.15, 0.2) is 57.5 Å². The number of nitrogens with one attached hydrogen (secondary N) is 2. The number of amides is 1. The first-order chi connectivity index (χ1) is 53.3. The molecule has 614 valence electrons. The summed E-state index contributed by atoms with van der Waals surface area (Å²) in [5.74, 6) is -1.95. The Hall–Kier alpha value is -7.52. The lowest BCUT2D eigenvalue weighted by atomic mass is 10.1. The molecule has 3 saturated heterocycles. The summed E-state index contributed by atoms with van der Waals surface area (Å²) in [6.45, 7) is 32.1. The average molecular weight is 1900 g/mol. The van der Waals surface area contributed by atoms with Gasteiger partial charge in [-0.3, -0.25) is 24.3 Å². The fraction of sp³-hybridized carbons (Fsp3) is 0.487. The number of aromatic nitrogens is 1. The van der Waals surface area contributed by atoms with E-state index in [1.807, 2.05) is 54.5 Å². The number of fused-ring (bicyclic) bond motifs is 5. The van der Waals surface area contributed by atoms with Gasteiger partial charge in [-0.25, -0.2) is 19.2 Å². The van der Waals surface area contributed by atoms with Gasteiger partial charge in [0, 0.05) is 125 Å². The Morgan fingerprint density at radius 1 is 0.416 bits per heavy atom. The van der Waals surface area contributed by atoms with Crippen LogP contribution in [-0.4, -0.2) is 227 Å². The quantitative estimate of drug-likeness (QED) is 0.0471. The number of hydrogen-bond acceptors (Lipinski definition) is 27. The maximum Gasteiger partial charge on any atom is 0.338 e. The highest BCUT2D eigenvalue weighted by atomic mass is 79.9. The summed E-state index contributed by atoms with van der Waals surface area (Å²) in [6, 6.07) is 10.1. The Morgan fingerprint density at radius 2 is 0.673 bits per heavy atom. The lowest BCUT2D eigenvalue weighted by Gasteiger charge is -2.33. The number of carboxylic acid groups (broad SMARTS) is 1. The van der Waals surface area contributed by atoms with E-state index in [0.29, 0.717) is 176 Å². The Kier molecular flexibility index (Phi) is 28.2. The summed E-state index contributed by atoms with van der Waals surface area (Å²) in [6.07, 6.45) is 0. The summed E-state index contributed by atoms with van der Waals surface area (Å²) >= 11 is 17.0. The molecular weight excluding hydrogens is 1810 g/mol. The van der Waals surface area contributed by atoms with E-state index >= 15 is 0 Å². The number of aromatic carboxylic acids is 1. The van der Waals surface area contributed by atoms with Crippen molar-refractivity contribution in [2.75, 3.05) is 133 Å². The summed E-state index contributed by atoms with van der Waals surface area (Å²) in [5.41, 5.74) is 7.17. The number of carbonyl (C=O) groups excluding carboxylic acids is 4. The maximum atomic E-state index is 13.0. The molecule has 3 fully saturated rings. The molecule has 113 heavy (non-hydrogen) atoms. The third-order valence-corrected chi connectivity index (χ3v) is 22.3. The standard InChI is InChI=1S/C23H28BrN3O5.C16H20BrNO5.C15H18BrNO5.2C12H13BrO5/c1-13-9-14(2)26-22(29)17(13)11-25-21(28)16-10-18(24)20-19(15(16)3)31-23(4,32-20)12-27-5-7-30-8-6-27;1-10-11(15(19)20-3)8-12(17)14-13(10)22-16(2,23-14)9-18-4-6-21-7-5-18;1-9-10(14(18)19)7-11(16)13-12(9)21-15(2,22-13)8-17-3-5-20-6-4-17;2*1-6-7(11(15)16-3)4-8(13)10-9(6)17-12(2,5-14)18-10/h9-10H,5-8,11-12H2,1-4H3,(H,25,28)(H,26,29);8H,4-7,9H2,1-3H3;7H,3-6,8H2,1-2H3,(H,18,19);2*4,14H,5H2,1-3H3/t23-;16-;15-;12-;/m1111./s1. The molecule has 9 heterocycles. The number of carboxylic acids is 1. The van der Waals surface area contributed by atoms with Gasteiger partial charge in [0.25, 0.3) is 40.4 Å². The average Bonchev–Trinajstić information content (AvgIpc) is 1.64. The van der Waals surface area contributed by atoms with Crippen LogP contribution < -0.4 is 58.2 Å². The van der Waals surface area contributed by atoms with Crippen molar-refractivity contribution in [3.05, 3.63) is 142 Å². The van der Waals surface area contributed by atoms with Crippen LogP contribution in [0.15, 0.2) is 63.6 Å². The Labute approximate surface area is 695 Å². The van der Waals surface area contributed by atoms with Crippen LogP contribution in [0.3, 0.4) is 0 Å². The largest absolute Gasteiger partial charge is 0.478 e. The molecule has 35 heteroatoms. The van der Waals surface area contributed by atoms with Crippen molar-refractivity contribution < 1.29 is 115 Å². The van der Waals surface area contributed by atoms with Gasteiger partial charge in [0.05, 0.1) is 125 Å². The van der Waals surface area contributed by atoms with Crippen LogP contribution in [-0.2, 0) is 35.0 Å². The van der Waals surface area contributed by atoms with Crippen molar-refractivity contribution in [2.45, 2.75) is 119 Å². The normalized spacial score (nSPS) is 22.1. The van der Waals surface area contributed by atoms with E-state index in [0.717, 1.165) is 69.3 Å². The van der Waals surface area contributed by atoms with E-state index in [1.54, 1.807) is 65.0 Å². The molecular formula is C78H92Br5N5O25. The summed E-state index contributed by atoms with van der Waals surface area (Å²) in [7, 11) is 4.00. The zero-order valence-corrected chi connectivity index (χ0v) is 73.2. The lowest BCUT2D eigenvalue weighted by Crippen LogP contribution is -2.50. The second-order valence-corrected chi connectivity index (χ2v) is 32.8.